The molecule has 0 radical (unpaired) electrons. The Bertz CT molecular complexity index is 1030. The zero-order valence-corrected chi connectivity index (χ0v) is 16.4. The average molecular weight is 394 g/mol. The summed E-state index contributed by atoms with van der Waals surface area (Å²) in [6, 6.07) is 13.5. The molecule has 0 spiro atoms. The number of amides is 2. The fourth-order valence-electron chi connectivity index (χ4n) is 3.73. The van der Waals surface area contributed by atoms with Gasteiger partial charge in [-0.2, -0.15) is 0 Å². The number of hydrogen-bond donors (Lipinski definition) is 2. The van der Waals surface area contributed by atoms with Gasteiger partial charge in [0.2, 0.25) is 11.8 Å². The molecule has 2 aromatic carbocycles. The van der Waals surface area contributed by atoms with E-state index < -0.39 is 11.7 Å². The van der Waals surface area contributed by atoms with Crippen LogP contribution in [0.15, 0.2) is 48.5 Å². The normalized spacial score (nSPS) is 17.9. The van der Waals surface area contributed by atoms with Gasteiger partial charge < -0.3 is 15.2 Å². The lowest BCUT2D eigenvalue weighted by atomic mass is 10.0. The third-order valence-corrected chi connectivity index (χ3v) is 5.31. The van der Waals surface area contributed by atoms with Crippen LogP contribution in [0.3, 0.4) is 0 Å². The number of rotatable bonds is 5. The minimum Gasteiger partial charge on any atom is -0.346 e. The highest BCUT2D eigenvalue weighted by atomic mass is 19.1. The van der Waals surface area contributed by atoms with Gasteiger partial charge in [-0.05, 0) is 30.2 Å². The maximum absolute atomic E-state index is 14.1. The Morgan fingerprint density at radius 2 is 1.93 bits per heavy atom. The molecule has 2 atom stereocenters. The summed E-state index contributed by atoms with van der Waals surface area (Å²) in [7, 11) is 0. The van der Waals surface area contributed by atoms with Crippen molar-refractivity contribution in [1.82, 2.24) is 15.3 Å². The van der Waals surface area contributed by atoms with Gasteiger partial charge in [-0.1, -0.05) is 38.1 Å². The van der Waals surface area contributed by atoms with Gasteiger partial charge in [0.1, 0.15) is 11.6 Å². The van der Waals surface area contributed by atoms with Gasteiger partial charge in [0.05, 0.1) is 28.7 Å². The van der Waals surface area contributed by atoms with E-state index in [-0.39, 0.29) is 42.4 Å². The Balaban J connectivity index is 1.51. The van der Waals surface area contributed by atoms with Crippen molar-refractivity contribution in [2.75, 3.05) is 11.4 Å². The van der Waals surface area contributed by atoms with Crippen molar-refractivity contribution in [3.05, 3.63) is 60.2 Å². The van der Waals surface area contributed by atoms with E-state index in [9.17, 15) is 14.0 Å². The van der Waals surface area contributed by atoms with Crippen LogP contribution in [0.1, 0.15) is 32.1 Å². The van der Waals surface area contributed by atoms with Crippen molar-refractivity contribution < 1.29 is 14.0 Å². The fraction of sp³-hybridized carbons (Fsp3) is 0.318. The molecule has 1 aliphatic rings. The largest absolute Gasteiger partial charge is 0.346 e. The molecule has 2 N–H and O–H groups in total. The predicted octanol–water partition coefficient (Wildman–Crippen LogP) is 3.57. The van der Waals surface area contributed by atoms with Crippen LogP contribution >= 0.6 is 0 Å². The lowest BCUT2D eigenvalue weighted by Crippen LogP contribution is -2.38. The highest BCUT2D eigenvalue weighted by Crippen LogP contribution is 2.29. The highest BCUT2D eigenvalue weighted by Gasteiger charge is 2.37. The molecule has 2 unspecified atom stereocenters. The maximum atomic E-state index is 14.1. The molecule has 1 fully saturated rings. The summed E-state index contributed by atoms with van der Waals surface area (Å²) in [5.41, 5.74) is 1.96. The Morgan fingerprint density at radius 1 is 1.21 bits per heavy atom. The number of nitrogens with zero attached hydrogens (tertiary/aromatic N) is 2. The second-order valence-electron chi connectivity index (χ2n) is 7.73. The minimum atomic E-state index is -0.535. The molecule has 4 rings (SSSR count). The SMILES string of the molecule is CC(C)C(NC(=O)C1CC(=O)N(c2ccccc2F)C1)c1nc2ccccc2[nH]1. The summed E-state index contributed by atoms with van der Waals surface area (Å²) in [6.45, 7) is 4.17. The number of benzene rings is 2. The van der Waals surface area contributed by atoms with Gasteiger partial charge >= 0.3 is 0 Å². The number of carbonyl (C=O) groups excluding carboxylic acids is 2. The number of nitrogens with one attached hydrogen (secondary N) is 2. The fourth-order valence-corrected chi connectivity index (χ4v) is 3.73. The van der Waals surface area contributed by atoms with Crippen molar-refractivity contribution >= 4 is 28.5 Å². The maximum Gasteiger partial charge on any atom is 0.227 e. The van der Waals surface area contributed by atoms with E-state index in [0.717, 1.165) is 11.0 Å². The molecule has 2 heterocycles. The second kappa shape index (κ2) is 7.66. The molecule has 150 valence electrons. The number of aromatic amines is 1. The quantitative estimate of drug-likeness (QED) is 0.694. The number of halogens is 1. The van der Waals surface area contributed by atoms with Crippen molar-refractivity contribution in [2.45, 2.75) is 26.3 Å². The van der Waals surface area contributed by atoms with Crippen LogP contribution in [-0.2, 0) is 9.59 Å². The minimum absolute atomic E-state index is 0.0606. The molecule has 0 aliphatic carbocycles. The van der Waals surface area contributed by atoms with Gasteiger partial charge in [-0.15, -0.1) is 0 Å². The summed E-state index contributed by atoms with van der Waals surface area (Å²) in [4.78, 5) is 34.6. The van der Waals surface area contributed by atoms with Crippen molar-refractivity contribution in [3.63, 3.8) is 0 Å². The number of fused-ring (bicyclic) bond motifs is 1. The molecule has 2 amide bonds. The molecule has 0 saturated carbocycles. The first-order valence-corrected chi connectivity index (χ1v) is 9.74. The molecule has 7 heteroatoms. The molecule has 0 bridgehead atoms. The number of aromatic nitrogens is 2. The Morgan fingerprint density at radius 3 is 2.66 bits per heavy atom. The molecule has 29 heavy (non-hydrogen) atoms. The zero-order valence-electron chi connectivity index (χ0n) is 16.4. The summed E-state index contributed by atoms with van der Waals surface area (Å²) < 4.78 is 14.1. The zero-order chi connectivity index (χ0) is 20.5. The van der Waals surface area contributed by atoms with E-state index in [1.165, 1.54) is 11.0 Å². The van der Waals surface area contributed by atoms with E-state index >= 15 is 0 Å². The predicted molar refractivity (Wildman–Crippen MR) is 109 cm³/mol. The average Bonchev–Trinajstić information content (AvgIpc) is 3.29. The van der Waals surface area contributed by atoms with Crippen LogP contribution in [-0.4, -0.2) is 28.3 Å². The second-order valence-corrected chi connectivity index (χ2v) is 7.73. The number of hydrogen-bond acceptors (Lipinski definition) is 3. The van der Waals surface area contributed by atoms with Gasteiger partial charge in [-0.3, -0.25) is 9.59 Å². The van der Waals surface area contributed by atoms with Crippen LogP contribution in [0.2, 0.25) is 0 Å². The summed E-state index contributed by atoms with van der Waals surface area (Å²) in [5, 5.41) is 3.04. The van der Waals surface area contributed by atoms with Gasteiger partial charge in [0.25, 0.3) is 0 Å². The smallest absolute Gasteiger partial charge is 0.227 e. The van der Waals surface area contributed by atoms with E-state index in [1.54, 1.807) is 18.2 Å². The number of H-pyrrole nitrogens is 1. The van der Waals surface area contributed by atoms with Crippen LogP contribution in [0.4, 0.5) is 10.1 Å². The standard InChI is InChI=1S/C22H23FN4O2/c1-13(2)20(21-24-16-8-4-5-9-17(16)25-21)26-22(29)14-11-19(28)27(12-14)18-10-6-3-7-15(18)23/h3-10,13-14,20H,11-12H2,1-2H3,(H,24,25)(H,26,29). The van der Waals surface area contributed by atoms with Gasteiger partial charge in [0, 0.05) is 13.0 Å². The molecule has 1 saturated heterocycles. The van der Waals surface area contributed by atoms with E-state index in [4.69, 9.17) is 0 Å². The monoisotopic (exact) mass is 394 g/mol. The summed E-state index contributed by atoms with van der Waals surface area (Å²) >= 11 is 0. The molecule has 3 aromatic rings. The van der Waals surface area contributed by atoms with E-state index in [2.05, 4.69) is 15.3 Å². The molecular weight excluding hydrogens is 371 g/mol. The van der Waals surface area contributed by atoms with Crippen LogP contribution < -0.4 is 10.2 Å². The molecular formula is C22H23FN4O2. The Hall–Kier alpha value is -3.22. The first kappa shape index (κ1) is 19.1. The number of para-hydroxylation sites is 3. The Labute approximate surface area is 168 Å². The number of imidazole rings is 1. The summed E-state index contributed by atoms with van der Waals surface area (Å²) in [5.74, 6) is -0.697. The van der Waals surface area contributed by atoms with Crippen molar-refractivity contribution in [3.8, 4) is 0 Å². The number of anilines is 1. The van der Waals surface area contributed by atoms with Gasteiger partial charge in [0.15, 0.2) is 0 Å². The van der Waals surface area contributed by atoms with Crippen molar-refractivity contribution in [1.29, 1.82) is 0 Å². The van der Waals surface area contributed by atoms with E-state index in [0.29, 0.717) is 5.82 Å². The first-order chi connectivity index (χ1) is 13.9. The lowest BCUT2D eigenvalue weighted by molar-refractivity contribution is -0.127. The third kappa shape index (κ3) is 3.72. The first-order valence-electron chi connectivity index (χ1n) is 9.74. The highest BCUT2D eigenvalue weighted by molar-refractivity contribution is 6.00. The third-order valence-electron chi connectivity index (χ3n) is 5.31. The van der Waals surface area contributed by atoms with Crippen LogP contribution in [0.5, 0.6) is 0 Å². The van der Waals surface area contributed by atoms with Gasteiger partial charge in [-0.25, -0.2) is 9.37 Å². The lowest BCUT2D eigenvalue weighted by Gasteiger charge is -2.22. The molecule has 6 nitrogen and oxygen atoms in total. The molecule has 1 aromatic heterocycles. The van der Waals surface area contributed by atoms with Crippen LogP contribution in [0, 0.1) is 17.7 Å². The van der Waals surface area contributed by atoms with Crippen LogP contribution in [0.25, 0.3) is 11.0 Å². The Kier molecular flexibility index (Phi) is 5.05. The summed E-state index contributed by atoms with van der Waals surface area (Å²) in [6.07, 6.45) is 0.0606. The van der Waals surface area contributed by atoms with E-state index in [1.807, 2.05) is 38.1 Å². The molecule has 1 aliphatic heterocycles. The topological polar surface area (TPSA) is 78.1 Å². The number of carbonyl (C=O) groups is 2. The van der Waals surface area contributed by atoms with Crippen molar-refractivity contribution in [2.24, 2.45) is 11.8 Å².